The van der Waals surface area contributed by atoms with Crippen LogP contribution in [-0.2, 0) is 0 Å². The summed E-state index contributed by atoms with van der Waals surface area (Å²) in [6, 6.07) is 34.5. The third kappa shape index (κ3) is 6.53. The third-order valence-electron chi connectivity index (χ3n) is 8.73. The minimum atomic E-state index is -0.127. The zero-order valence-electron chi connectivity index (χ0n) is 27.4. The summed E-state index contributed by atoms with van der Waals surface area (Å²) in [5.74, 6) is 1.19. The highest BCUT2D eigenvalue weighted by Gasteiger charge is 2.29. The van der Waals surface area contributed by atoms with E-state index in [1.54, 1.807) is 36.0 Å². The highest BCUT2D eigenvalue weighted by Crippen LogP contribution is 2.29. The van der Waals surface area contributed by atoms with E-state index < -0.39 is 0 Å². The van der Waals surface area contributed by atoms with Crippen LogP contribution < -0.4 is 9.47 Å². The fraction of sp³-hybridized carbons (Fsp3) is 0.179. The second-order valence-corrected chi connectivity index (χ2v) is 11.7. The van der Waals surface area contributed by atoms with Crippen molar-refractivity contribution in [2.75, 3.05) is 40.4 Å². The molecule has 1 saturated heterocycles. The molecular weight excluding hydrogens is 616 g/mol. The van der Waals surface area contributed by atoms with Crippen LogP contribution in [0.3, 0.4) is 0 Å². The van der Waals surface area contributed by atoms with Gasteiger partial charge in [-0.1, -0.05) is 36.4 Å². The van der Waals surface area contributed by atoms with Crippen molar-refractivity contribution in [3.8, 4) is 45.4 Å². The minimum Gasteiger partial charge on any atom is -0.497 e. The minimum absolute atomic E-state index is 0.127. The van der Waals surface area contributed by atoms with Crippen LogP contribution >= 0.6 is 0 Å². The first-order valence-corrected chi connectivity index (χ1v) is 16.2. The Morgan fingerprint density at radius 3 is 1.29 bits per heavy atom. The van der Waals surface area contributed by atoms with Gasteiger partial charge in [-0.3, -0.25) is 9.59 Å². The average Bonchev–Trinajstić information content (AvgIpc) is 3.74. The molecule has 10 heteroatoms. The molecule has 6 aromatic rings. The Morgan fingerprint density at radius 2 is 0.918 bits per heavy atom. The molecule has 2 aromatic heterocycles. The standard InChI is InChI=1S/C39H36N6O4/c1-48-32-18-14-28(15-19-32)36-34(26-44(40-36)30-10-5-3-6-11-30)38(46)42-22-9-23-43(25-24-42)39(47)35-27-45(31-12-7-4-8-13-31)41-37(35)29-16-20-33(49-2)21-17-29/h3-8,10-21,26-27H,9,22-25H2,1-2H3. The van der Waals surface area contributed by atoms with Gasteiger partial charge < -0.3 is 19.3 Å². The summed E-state index contributed by atoms with van der Waals surface area (Å²) in [6.45, 7) is 1.78. The highest BCUT2D eigenvalue weighted by atomic mass is 16.5. The van der Waals surface area contributed by atoms with E-state index in [1.807, 2.05) is 119 Å². The number of hydrogen-bond acceptors (Lipinski definition) is 6. The number of hydrogen-bond donors (Lipinski definition) is 0. The van der Waals surface area contributed by atoms with Gasteiger partial charge in [0.1, 0.15) is 22.9 Å². The van der Waals surface area contributed by atoms with E-state index in [2.05, 4.69) is 0 Å². The first-order chi connectivity index (χ1) is 24.0. The quantitative estimate of drug-likeness (QED) is 0.189. The molecule has 246 valence electrons. The summed E-state index contributed by atoms with van der Waals surface area (Å²) < 4.78 is 14.2. The summed E-state index contributed by atoms with van der Waals surface area (Å²) in [5, 5.41) is 9.70. The van der Waals surface area contributed by atoms with Crippen LogP contribution in [0.5, 0.6) is 11.5 Å². The van der Waals surface area contributed by atoms with Crippen LogP contribution in [0, 0.1) is 0 Å². The molecule has 1 fully saturated rings. The van der Waals surface area contributed by atoms with Gasteiger partial charge in [0.25, 0.3) is 11.8 Å². The number of carbonyl (C=O) groups excluding carboxylic acids is 2. The fourth-order valence-electron chi connectivity index (χ4n) is 6.08. The lowest BCUT2D eigenvalue weighted by atomic mass is 10.1. The molecule has 0 unspecified atom stereocenters. The Balaban J connectivity index is 1.16. The van der Waals surface area contributed by atoms with E-state index in [0.29, 0.717) is 55.1 Å². The van der Waals surface area contributed by atoms with Gasteiger partial charge in [0.15, 0.2) is 0 Å². The van der Waals surface area contributed by atoms with E-state index in [0.717, 1.165) is 34.0 Å². The SMILES string of the molecule is COc1ccc(-c2nn(-c3ccccc3)cc2C(=O)N2CCCN(C(=O)c3cn(-c4ccccc4)nc3-c3ccc(OC)cc3)CC2)cc1. The first-order valence-electron chi connectivity index (χ1n) is 16.2. The molecule has 2 amide bonds. The molecule has 3 heterocycles. The smallest absolute Gasteiger partial charge is 0.257 e. The van der Waals surface area contributed by atoms with E-state index in [9.17, 15) is 9.59 Å². The van der Waals surface area contributed by atoms with Crippen LogP contribution in [0.15, 0.2) is 122 Å². The highest BCUT2D eigenvalue weighted by molar-refractivity contribution is 6.01. The first kappa shape index (κ1) is 31.4. The molecule has 1 aliphatic heterocycles. The predicted molar refractivity (Wildman–Crippen MR) is 188 cm³/mol. The number of ether oxygens (including phenoxy) is 2. The van der Waals surface area contributed by atoms with Crippen molar-refractivity contribution >= 4 is 11.8 Å². The molecule has 49 heavy (non-hydrogen) atoms. The van der Waals surface area contributed by atoms with Crippen LogP contribution in [0.1, 0.15) is 27.1 Å². The number of carbonyl (C=O) groups is 2. The van der Waals surface area contributed by atoms with Crippen molar-refractivity contribution < 1.29 is 19.1 Å². The molecule has 0 bridgehead atoms. The Hall–Kier alpha value is -6.16. The maximum atomic E-state index is 14.2. The van der Waals surface area contributed by atoms with Crippen molar-refractivity contribution in [1.82, 2.24) is 29.4 Å². The van der Waals surface area contributed by atoms with Crippen molar-refractivity contribution in [2.45, 2.75) is 6.42 Å². The molecule has 10 nitrogen and oxygen atoms in total. The zero-order chi connectivity index (χ0) is 33.7. The van der Waals surface area contributed by atoms with Crippen LogP contribution in [0.2, 0.25) is 0 Å². The molecule has 0 N–H and O–H groups in total. The van der Waals surface area contributed by atoms with Crippen LogP contribution in [0.25, 0.3) is 33.9 Å². The number of amides is 2. The van der Waals surface area contributed by atoms with E-state index >= 15 is 0 Å². The fourth-order valence-corrected chi connectivity index (χ4v) is 6.08. The second kappa shape index (κ2) is 13.9. The van der Waals surface area contributed by atoms with Crippen molar-refractivity contribution in [3.63, 3.8) is 0 Å². The van der Waals surface area contributed by atoms with E-state index in [4.69, 9.17) is 19.7 Å². The largest absolute Gasteiger partial charge is 0.497 e. The number of rotatable bonds is 8. The zero-order valence-corrected chi connectivity index (χ0v) is 27.4. The number of aromatic nitrogens is 4. The van der Waals surface area contributed by atoms with Crippen LogP contribution in [0.4, 0.5) is 0 Å². The molecule has 0 spiro atoms. The summed E-state index contributed by atoms with van der Waals surface area (Å²) >= 11 is 0. The second-order valence-electron chi connectivity index (χ2n) is 11.7. The monoisotopic (exact) mass is 652 g/mol. The molecule has 0 saturated carbocycles. The van der Waals surface area contributed by atoms with Crippen molar-refractivity contribution in [3.05, 3.63) is 133 Å². The van der Waals surface area contributed by atoms with Crippen molar-refractivity contribution in [2.24, 2.45) is 0 Å². The van der Waals surface area contributed by atoms with Gasteiger partial charge in [0, 0.05) is 49.7 Å². The summed E-state index contributed by atoms with van der Waals surface area (Å²) in [7, 11) is 3.24. The Bertz CT molecular complexity index is 1910. The summed E-state index contributed by atoms with van der Waals surface area (Å²) in [6.07, 6.45) is 4.22. The van der Waals surface area contributed by atoms with Gasteiger partial charge in [-0.15, -0.1) is 0 Å². The maximum absolute atomic E-state index is 14.2. The topological polar surface area (TPSA) is 94.7 Å². The average molecular weight is 653 g/mol. The molecule has 0 radical (unpaired) electrons. The number of benzene rings is 4. The van der Waals surface area contributed by atoms with Gasteiger partial charge in [-0.2, -0.15) is 10.2 Å². The molecule has 0 aliphatic carbocycles. The Labute approximate surface area is 284 Å². The molecule has 7 rings (SSSR count). The summed E-state index contributed by atoms with van der Waals surface area (Å²) in [4.78, 5) is 32.1. The Morgan fingerprint density at radius 1 is 0.531 bits per heavy atom. The molecule has 1 aliphatic rings. The third-order valence-corrected chi connectivity index (χ3v) is 8.73. The van der Waals surface area contributed by atoms with Crippen LogP contribution in [-0.4, -0.2) is 81.6 Å². The molecule has 0 atom stereocenters. The van der Waals surface area contributed by atoms with Gasteiger partial charge in [0.2, 0.25) is 0 Å². The lowest BCUT2D eigenvalue weighted by molar-refractivity contribution is 0.0719. The number of nitrogens with zero attached hydrogens (tertiary/aromatic N) is 6. The van der Waals surface area contributed by atoms with Gasteiger partial charge in [0.05, 0.1) is 36.7 Å². The molecule has 4 aromatic carbocycles. The van der Waals surface area contributed by atoms with Gasteiger partial charge in [-0.05, 0) is 79.2 Å². The maximum Gasteiger partial charge on any atom is 0.257 e. The van der Waals surface area contributed by atoms with Gasteiger partial charge >= 0.3 is 0 Å². The number of para-hydroxylation sites is 2. The summed E-state index contributed by atoms with van der Waals surface area (Å²) in [5.41, 5.74) is 5.51. The molecular formula is C39H36N6O4. The number of methoxy groups -OCH3 is 2. The van der Waals surface area contributed by atoms with E-state index in [1.165, 1.54) is 0 Å². The van der Waals surface area contributed by atoms with Gasteiger partial charge in [-0.25, -0.2) is 9.36 Å². The van der Waals surface area contributed by atoms with Crippen molar-refractivity contribution in [1.29, 1.82) is 0 Å². The lowest BCUT2D eigenvalue weighted by Crippen LogP contribution is -2.37. The lowest BCUT2D eigenvalue weighted by Gasteiger charge is -2.22. The Kier molecular flexibility index (Phi) is 8.92. The normalized spacial score (nSPS) is 13.2. The predicted octanol–water partition coefficient (Wildman–Crippen LogP) is 6.40. The van der Waals surface area contributed by atoms with E-state index in [-0.39, 0.29) is 11.8 Å².